The first-order valence-corrected chi connectivity index (χ1v) is 6.35. The summed E-state index contributed by atoms with van der Waals surface area (Å²) in [6, 6.07) is 1.61. The third kappa shape index (κ3) is 2.52. The van der Waals surface area contributed by atoms with Crippen molar-refractivity contribution in [1.82, 2.24) is 10.1 Å². The summed E-state index contributed by atoms with van der Waals surface area (Å²) in [5.74, 6) is -4.04. The number of nitrogens with two attached hydrogens (primary N) is 1. The van der Waals surface area contributed by atoms with Gasteiger partial charge >= 0.3 is 0 Å². The molecule has 0 saturated carbocycles. The second kappa shape index (κ2) is 5.12. The number of halogens is 3. The van der Waals surface area contributed by atoms with E-state index >= 15 is 0 Å². The van der Waals surface area contributed by atoms with Crippen molar-refractivity contribution in [1.29, 1.82) is 0 Å². The summed E-state index contributed by atoms with van der Waals surface area (Å²) in [6.45, 7) is 0.933. The van der Waals surface area contributed by atoms with Crippen molar-refractivity contribution in [2.24, 2.45) is 5.73 Å². The number of rotatable bonds is 2. The van der Waals surface area contributed by atoms with Crippen LogP contribution in [0, 0.1) is 17.5 Å². The third-order valence-corrected chi connectivity index (χ3v) is 3.48. The van der Waals surface area contributed by atoms with Gasteiger partial charge in [-0.3, -0.25) is 0 Å². The van der Waals surface area contributed by atoms with Crippen LogP contribution in [-0.2, 0) is 10.3 Å². The van der Waals surface area contributed by atoms with E-state index in [2.05, 4.69) is 10.1 Å². The van der Waals surface area contributed by atoms with Crippen LogP contribution in [0.2, 0.25) is 0 Å². The summed E-state index contributed by atoms with van der Waals surface area (Å²) in [4.78, 5) is 4.07. The topological polar surface area (TPSA) is 74.2 Å². The van der Waals surface area contributed by atoms with E-state index in [4.69, 9.17) is 15.0 Å². The first-order valence-electron chi connectivity index (χ1n) is 6.35. The normalized spacial score (nSPS) is 17.9. The number of hydrogen-bond donors (Lipinski definition) is 1. The summed E-state index contributed by atoms with van der Waals surface area (Å²) in [6.07, 6.45) is 1.00. The maximum Gasteiger partial charge on any atom is 0.247 e. The zero-order valence-electron chi connectivity index (χ0n) is 10.9. The van der Waals surface area contributed by atoms with Gasteiger partial charge in [0.2, 0.25) is 11.7 Å². The lowest BCUT2D eigenvalue weighted by molar-refractivity contribution is 0.0400. The minimum absolute atomic E-state index is 0.0166. The predicted molar refractivity (Wildman–Crippen MR) is 65.5 cm³/mol. The van der Waals surface area contributed by atoms with Crippen LogP contribution < -0.4 is 5.73 Å². The molecule has 1 aromatic heterocycles. The second-order valence-electron chi connectivity index (χ2n) is 4.95. The van der Waals surface area contributed by atoms with Gasteiger partial charge in [-0.1, -0.05) is 5.16 Å². The minimum atomic E-state index is -1.54. The summed E-state index contributed by atoms with van der Waals surface area (Å²) in [5.41, 5.74) is 5.34. The quantitative estimate of drug-likeness (QED) is 0.860. The zero-order valence-corrected chi connectivity index (χ0v) is 10.9. The third-order valence-electron chi connectivity index (χ3n) is 3.48. The van der Waals surface area contributed by atoms with E-state index < -0.39 is 23.0 Å². The van der Waals surface area contributed by atoms with Crippen LogP contribution >= 0.6 is 0 Å². The summed E-state index contributed by atoms with van der Waals surface area (Å²) in [7, 11) is 0. The first kappa shape index (κ1) is 14.0. The van der Waals surface area contributed by atoms with Gasteiger partial charge in [-0.2, -0.15) is 4.98 Å². The van der Waals surface area contributed by atoms with Crippen molar-refractivity contribution in [3.63, 3.8) is 0 Å². The van der Waals surface area contributed by atoms with E-state index in [0.29, 0.717) is 26.1 Å². The lowest BCUT2D eigenvalue weighted by Gasteiger charge is -2.29. The summed E-state index contributed by atoms with van der Waals surface area (Å²) < 4.78 is 49.7. The molecular weight excluding hydrogens is 287 g/mol. The van der Waals surface area contributed by atoms with Gasteiger partial charge in [-0.25, -0.2) is 13.2 Å². The van der Waals surface area contributed by atoms with Crippen LogP contribution in [0.15, 0.2) is 16.7 Å². The van der Waals surface area contributed by atoms with Crippen LogP contribution in [-0.4, -0.2) is 23.4 Å². The van der Waals surface area contributed by atoms with E-state index in [0.717, 1.165) is 12.1 Å². The van der Waals surface area contributed by atoms with Crippen molar-refractivity contribution in [3.8, 4) is 11.4 Å². The molecule has 112 valence electrons. The van der Waals surface area contributed by atoms with Crippen LogP contribution in [0.5, 0.6) is 0 Å². The monoisotopic (exact) mass is 299 g/mol. The highest BCUT2D eigenvalue weighted by Gasteiger charge is 2.36. The molecule has 1 saturated heterocycles. The number of benzene rings is 1. The second-order valence-corrected chi connectivity index (χ2v) is 4.95. The molecule has 0 radical (unpaired) electrons. The molecule has 8 heteroatoms. The number of aromatic nitrogens is 2. The summed E-state index contributed by atoms with van der Waals surface area (Å²) >= 11 is 0. The predicted octanol–water partition coefficient (Wildman–Crippen LogP) is 2.12. The maximum atomic E-state index is 13.2. The van der Waals surface area contributed by atoms with Crippen molar-refractivity contribution < 1.29 is 22.4 Å². The van der Waals surface area contributed by atoms with Crippen molar-refractivity contribution in [2.75, 3.05) is 13.2 Å². The average molecular weight is 299 g/mol. The average Bonchev–Trinajstić information content (AvgIpc) is 2.95. The van der Waals surface area contributed by atoms with Crippen LogP contribution in [0.4, 0.5) is 13.2 Å². The number of nitrogens with zero attached hydrogens (tertiary/aromatic N) is 2. The Hall–Kier alpha value is -1.93. The highest BCUT2D eigenvalue weighted by Crippen LogP contribution is 2.30. The molecule has 0 bridgehead atoms. The zero-order chi connectivity index (χ0) is 15.0. The van der Waals surface area contributed by atoms with Crippen LogP contribution in [0.25, 0.3) is 11.4 Å². The molecule has 2 heterocycles. The highest BCUT2D eigenvalue weighted by atomic mass is 19.2. The first-order chi connectivity index (χ1) is 9.99. The standard InChI is InChI=1S/C13H12F3N3O2/c14-8-5-7(6-9(15)10(8)16)11-18-12(21-19-11)13(17)1-3-20-4-2-13/h5-6H,1-4,17H2. The Morgan fingerprint density at radius 3 is 2.33 bits per heavy atom. The Balaban J connectivity index is 1.95. The van der Waals surface area contributed by atoms with Gasteiger partial charge in [0.1, 0.15) is 5.54 Å². The largest absolute Gasteiger partial charge is 0.381 e. The van der Waals surface area contributed by atoms with Crippen molar-refractivity contribution in [2.45, 2.75) is 18.4 Å². The molecule has 0 unspecified atom stereocenters. The number of ether oxygens (including phenoxy) is 1. The lowest BCUT2D eigenvalue weighted by atomic mass is 9.91. The molecule has 3 rings (SSSR count). The van der Waals surface area contributed by atoms with Gasteiger partial charge in [0, 0.05) is 18.8 Å². The van der Waals surface area contributed by atoms with Gasteiger partial charge < -0.3 is 15.0 Å². The molecule has 5 nitrogen and oxygen atoms in total. The van der Waals surface area contributed by atoms with E-state index in [1.807, 2.05) is 0 Å². The fraction of sp³-hybridized carbons (Fsp3) is 0.385. The van der Waals surface area contributed by atoms with Gasteiger partial charge in [0.25, 0.3) is 0 Å². The van der Waals surface area contributed by atoms with Gasteiger partial charge in [0.05, 0.1) is 0 Å². The van der Waals surface area contributed by atoms with E-state index in [1.165, 1.54) is 0 Å². The maximum absolute atomic E-state index is 13.2. The molecule has 1 fully saturated rings. The highest BCUT2D eigenvalue weighted by molar-refractivity contribution is 5.54. The van der Waals surface area contributed by atoms with Crippen molar-refractivity contribution >= 4 is 0 Å². The SMILES string of the molecule is NC1(c2nc(-c3cc(F)c(F)c(F)c3)no2)CCOCC1. The fourth-order valence-corrected chi connectivity index (χ4v) is 2.18. The number of hydrogen-bond acceptors (Lipinski definition) is 5. The minimum Gasteiger partial charge on any atom is -0.381 e. The van der Waals surface area contributed by atoms with E-state index in [-0.39, 0.29) is 17.3 Å². The van der Waals surface area contributed by atoms with Gasteiger partial charge in [-0.05, 0) is 25.0 Å². The molecule has 0 aliphatic carbocycles. The molecule has 0 atom stereocenters. The molecule has 1 aliphatic heterocycles. The Bertz CT molecular complexity index is 645. The molecular formula is C13H12F3N3O2. The molecule has 1 aromatic carbocycles. The fourth-order valence-electron chi connectivity index (χ4n) is 2.18. The Morgan fingerprint density at radius 2 is 1.71 bits per heavy atom. The molecule has 2 aromatic rings. The Labute approximate surface area is 117 Å². The Morgan fingerprint density at radius 1 is 1.10 bits per heavy atom. The van der Waals surface area contributed by atoms with Crippen LogP contribution in [0.1, 0.15) is 18.7 Å². The molecule has 1 aliphatic rings. The van der Waals surface area contributed by atoms with Gasteiger partial charge in [-0.15, -0.1) is 0 Å². The van der Waals surface area contributed by atoms with Crippen molar-refractivity contribution in [3.05, 3.63) is 35.5 Å². The lowest BCUT2D eigenvalue weighted by Crippen LogP contribution is -2.42. The smallest absolute Gasteiger partial charge is 0.247 e. The molecule has 2 N–H and O–H groups in total. The van der Waals surface area contributed by atoms with Gasteiger partial charge in [0.15, 0.2) is 17.5 Å². The molecule has 0 amide bonds. The Kier molecular flexibility index (Phi) is 3.42. The summed E-state index contributed by atoms with van der Waals surface area (Å²) in [5, 5.41) is 3.66. The molecule has 0 spiro atoms. The van der Waals surface area contributed by atoms with E-state index in [9.17, 15) is 13.2 Å². The van der Waals surface area contributed by atoms with E-state index in [1.54, 1.807) is 0 Å². The molecule has 21 heavy (non-hydrogen) atoms. The van der Waals surface area contributed by atoms with Crippen LogP contribution in [0.3, 0.4) is 0 Å².